The summed E-state index contributed by atoms with van der Waals surface area (Å²) >= 11 is 0. The molecule has 1 heterocycles. The van der Waals surface area contributed by atoms with Crippen LogP contribution in [0.5, 0.6) is 5.75 Å². The van der Waals surface area contributed by atoms with E-state index in [0.29, 0.717) is 12.4 Å². The van der Waals surface area contributed by atoms with E-state index in [1.54, 1.807) is 30.7 Å². The van der Waals surface area contributed by atoms with Crippen molar-refractivity contribution in [2.45, 2.75) is 51.4 Å². The Morgan fingerprint density at radius 1 is 1.18 bits per heavy atom. The number of carbonyl (C=O) groups excluding carboxylic acids is 1. The minimum atomic E-state index is -1.38. The summed E-state index contributed by atoms with van der Waals surface area (Å²) in [6.07, 6.45) is 3.47. The first-order valence-corrected chi connectivity index (χ1v) is 11.0. The molecule has 0 aliphatic rings. The second kappa shape index (κ2) is 11.6. The predicted octanol–water partition coefficient (Wildman–Crippen LogP) is 4.05. The third-order valence-electron chi connectivity index (χ3n) is 5.35. The van der Waals surface area contributed by atoms with Crippen molar-refractivity contribution in [2.24, 2.45) is 0 Å². The summed E-state index contributed by atoms with van der Waals surface area (Å²) in [5.74, 6) is -1.01. The fraction of sp³-hybridized carbons (Fsp3) is 0.296. The van der Waals surface area contributed by atoms with Gasteiger partial charge in [-0.15, -0.1) is 0 Å². The zero-order valence-electron chi connectivity index (χ0n) is 19.1. The zero-order valence-corrected chi connectivity index (χ0v) is 19.1. The Hall–Kier alpha value is -3.42. The number of carboxylic acid groups (broad SMARTS) is 1. The summed E-state index contributed by atoms with van der Waals surface area (Å²) in [6.45, 7) is 4.38. The van der Waals surface area contributed by atoms with Gasteiger partial charge >= 0.3 is 0 Å². The molecule has 0 saturated heterocycles. The first-order valence-electron chi connectivity index (χ1n) is 11.0. The monoisotopic (exact) mass is 467 g/mol. The van der Waals surface area contributed by atoms with Crippen molar-refractivity contribution in [1.82, 2.24) is 0 Å². The molecule has 0 aliphatic carbocycles. The first kappa shape index (κ1) is 25.2. The van der Waals surface area contributed by atoms with Crippen LogP contribution >= 0.6 is 0 Å². The van der Waals surface area contributed by atoms with Crippen LogP contribution in [0.3, 0.4) is 0 Å². The molecule has 0 amide bonds. The average molecular weight is 468 g/mol. The van der Waals surface area contributed by atoms with Crippen molar-refractivity contribution in [3.63, 3.8) is 0 Å². The Morgan fingerprint density at radius 3 is 2.53 bits per heavy atom. The first-order chi connectivity index (χ1) is 16.2. The number of ether oxygens (including phenoxy) is 1. The van der Waals surface area contributed by atoms with Gasteiger partial charge in [0.2, 0.25) is 0 Å². The summed E-state index contributed by atoms with van der Waals surface area (Å²) in [5, 5.41) is 30.8. The van der Waals surface area contributed by atoms with Crippen LogP contribution in [0, 0.1) is 5.82 Å². The van der Waals surface area contributed by atoms with Crippen LogP contribution in [0.15, 0.2) is 65.5 Å². The second-order valence-electron chi connectivity index (χ2n) is 8.45. The normalized spacial score (nSPS) is 13.4. The number of aliphatic hydroxyl groups is 2. The lowest BCUT2D eigenvalue weighted by atomic mass is 9.89. The molecule has 2 N–H and O–H groups in total. The van der Waals surface area contributed by atoms with Crippen molar-refractivity contribution in [3.05, 3.63) is 83.6 Å². The maximum atomic E-state index is 13.6. The fourth-order valence-corrected chi connectivity index (χ4v) is 3.65. The van der Waals surface area contributed by atoms with Gasteiger partial charge in [-0.05, 0) is 58.5 Å². The maximum Gasteiger partial charge on any atom is 0.123 e. The molecule has 2 atom stereocenters. The lowest BCUT2D eigenvalue weighted by Gasteiger charge is -2.19. The number of carbonyl (C=O) groups is 1. The molecule has 2 aromatic carbocycles. The number of aliphatic carboxylic acids is 1. The van der Waals surface area contributed by atoms with Gasteiger partial charge in [-0.25, -0.2) is 4.39 Å². The van der Waals surface area contributed by atoms with E-state index in [-0.39, 0.29) is 18.2 Å². The molecule has 0 saturated carbocycles. The molecule has 6 nitrogen and oxygen atoms in total. The van der Waals surface area contributed by atoms with Gasteiger partial charge in [-0.2, -0.15) is 0 Å². The van der Waals surface area contributed by atoms with Gasteiger partial charge in [0.05, 0.1) is 24.7 Å². The van der Waals surface area contributed by atoms with E-state index in [1.807, 2.05) is 32.0 Å². The van der Waals surface area contributed by atoms with E-state index in [2.05, 4.69) is 0 Å². The summed E-state index contributed by atoms with van der Waals surface area (Å²) < 4.78 is 24.7. The molecule has 3 rings (SSSR count). The van der Waals surface area contributed by atoms with Gasteiger partial charge in [0.15, 0.2) is 0 Å². The van der Waals surface area contributed by atoms with Gasteiger partial charge in [-0.3, -0.25) is 0 Å². The zero-order chi connectivity index (χ0) is 24.7. The van der Waals surface area contributed by atoms with Crippen LogP contribution < -0.4 is 9.84 Å². The van der Waals surface area contributed by atoms with Crippen LogP contribution in [-0.4, -0.2) is 28.4 Å². The lowest BCUT2D eigenvalue weighted by Crippen LogP contribution is -2.29. The Morgan fingerprint density at radius 2 is 1.91 bits per heavy atom. The van der Waals surface area contributed by atoms with Crippen LogP contribution in [0.4, 0.5) is 4.39 Å². The quantitative estimate of drug-likeness (QED) is 0.441. The van der Waals surface area contributed by atoms with Crippen molar-refractivity contribution in [2.75, 3.05) is 0 Å². The number of hydrogen-bond donors (Lipinski definition) is 2. The Kier molecular flexibility index (Phi) is 8.62. The van der Waals surface area contributed by atoms with E-state index in [9.17, 15) is 24.5 Å². The molecule has 0 aliphatic heterocycles. The standard InChI is InChI=1S/C27H29FO6/c1-17(2)25-13-23(34-16-18-9-10-33-15-18)14-26(19-3-5-20(28)6-4-19)24(25)8-7-21(29)11-22(30)12-27(31)32/h3-10,13-15,17,21-22,29-30H,11-12,16H2,1-2H3,(H,31,32)/p-1/b8-7+. The van der Waals surface area contributed by atoms with Gasteiger partial charge < -0.3 is 29.3 Å². The molecule has 0 bridgehead atoms. The fourth-order valence-electron chi connectivity index (χ4n) is 3.65. The highest BCUT2D eigenvalue weighted by Crippen LogP contribution is 2.36. The van der Waals surface area contributed by atoms with Crippen LogP contribution in [0.1, 0.15) is 49.3 Å². The van der Waals surface area contributed by atoms with Gasteiger partial charge in [0.25, 0.3) is 0 Å². The average Bonchev–Trinajstić information content (AvgIpc) is 3.29. The third kappa shape index (κ3) is 7.04. The van der Waals surface area contributed by atoms with Gasteiger partial charge in [0, 0.05) is 24.4 Å². The number of hydrogen-bond acceptors (Lipinski definition) is 6. The van der Waals surface area contributed by atoms with E-state index < -0.39 is 24.6 Å². The topological polar surface area (TPSA) is 103 Å². The third-order valence-corrected chi connectivity index (χ3v) is 5.35. The minimum Gasteiger partial charge on any atom is -0.550 e. The van der Waals surface area contributed by atoms with Crippen molar-refractivity contribution >= 4 is 12.0 Å². The molecular formula is C27H28FO6-. The minimum absolute atomic E-state index is 0.0946. The molecule has 0 fully saturated rings. The van der Waals surface area contributed by atoms with Gasteiger partial charge in [0.1, 0.15) is 18.2 Å². The van der Waals surface area contributed by atoms with Crippen LogP contribution in [-0.2, 0) is 11.4 Å². The summed E-state index contributed by atoms with van der Waals surface area (Å²) in [5.41, 5.74) is 4.19. The predicted molar refractivity (Wildman–Crippen MR) is 124 cm³/mol. The Labute approximate surface area is 197 Å². The molecule has 0 spiro atoms. The highest BCUT2D eigenvalue weighted by Gasteiger charge is 2.16. The maximum absolute atomic E-state index is 13.6. The SMILES string of the molecule is CC(C)c1cc(OCc2ccoc2)cc(-c2ccc(F)cc2)c1/C=C/C(O)CC(O)CC(=O)[O-]. The smallest absolute Gasteiger partial charge is 0.123 e. The molecule has 0 radical (unpaired) electrons. The van der Waals surface area contributed by atoms with Crippen molar-refractivity contribution < 1.29 is 33.7 Å². The Bertz CT molecular complexity index is 1100. The number of benzene rings is 2. The van der Waals surface area contributed by atoms with E-state index in [1.165, 1.54) is 18.2 Å². The molecular weight excluding hydrogens is 439 g/mol. The highest BCUT2D eigenvalue weighted by atomic mass is 19.1. The molecule has 3 aromatic rings. The largest absolute Gasteiger partial charge is 0.550 e. The van der Waals surface area contributed by atoms with Crippen LogP contribution in [0.2, 0.25) is 0 Å². The lowest BCUT2D eigenvalue weighted by molar-refractivity contribution is -0.307. The Balaban J connectivity index is 1.97. The molecule has 2 unspecified atom stereocenters. The number of furan rings is 1. The van der Waals surface area contributed by atoms with E-state index in [0.717, 1.165) is 27.8 Å². The van der Waals surface area contributed by atoms with Gasteiger partial charge in [-0.1, -0.05) is 38.1 Å². The summed E-state index contributed by atoms with van der Waals surface area (Å²) in [6, 6.07) is 11.7. The number of carboxylic acids is 1. The summed E-state index contributed by atoms with van der Waals surface area (Å²) in [4.78, 5) is 10.7. The molecule has 7 heteroatoms. The molecule has 34 heavy (non-hydrogen) atoms. The van der Waals surface area contributed by atoms with E-state index >= 15 is 0 Å². The number of rotatable bonds is 11. The van der Waals surface area contributed by atoms with Crippen molar-refractivity contribution in [1.29, 1.82) is 0 Å². The van der Waals surface area contributed by atoms with Crippen LogP contribution in [0.25, 0.3) is 17.2 Å². The summed E-state index contributed by atoms with van der Waals surface area (Å²) in [7, 11) is 0. The molecule has 180 valence electrons. The molecule has 1 aromatic heterocycles. The van der Waals surface area contributed by atoms with Crippen molar-refractivity contribution in [3.8, 4) is 16.9 Å². The second-order valence-corrected chi connectivity index (χ2v) is 8.45. The number of aliphatic hydroxyl groups excluding tert-OH is 2. The van der Waals surface area contributed by atoms with E-state index in [4.69, 9.17) is 9.15 Å². The number of halogens is 1. The highest BCUT2D eigenvalue weighted by molar-refractivity contribution is 5.79.